The van der Waals surface area contributed by atoms with Gasteiger partial charge in [-0.1, -0.05) is 0 Å². The molecule has 3 rings (SSSR count). The Hall–Kier alpha value is -3.01. The van der Waals surface area contributed by atoms with Gasteiger partial charge in [0.15, 0.2) is 0 Å². The summed E-state index contributed by atoms with van der Waals surface area (Å²) in [6, 6.07) is 4.65. The first-order valence-electron chi connectivity index (χ1n) is 7.19. The minimum absolute atomic E-state index is 0. The van der Waals surface area contributed by atoms with Crippen LogP contribution < -0.4 is 4.90 Å². The number of nitrogens with zero attached hydrogens (tertiary/aromatic N) is 4. The Balaban J connectivity index is 0.00000225. The molecule has 1 heterocycles. The van der Waals surface area contributed by atoms with Crippen LogP contribution in [-0.2, 0) is 0 Å². The molecule has 0 unspecified atom stereocenters. The Morgan fingerprint density at radius 3 is 1.96 bits per heavy atom. The molecule has 10 nitrogen and oxygen atoms in total. The first-order chi connectivity index (χ1) is 11.4. The van der Waals surface area contributed by atoms with Crippen molar-refractivity contribution >= 4 is 45.9 Å². The van der Waals surface area contributed by atoms with Crippen LogP contribution in [0.4, 0.5) is 22.7 Å². The van der Waals surface area contributed by atoms with E-state index in [0.29, 0.717) is 18.8 Å². The fraction of sp³-hybridized carbons (Fsp3) is 0.286. The summed E-state index contributed by atoms with van der Waals surface area (Å²) in [4.78, 5) is 33.4. The van der Waals surface area contributed by atoms with Crippen LogP contribution in [0.25, 0.3) is 10.8 Å². The zero-order valence-corrected chi connectivity index (χ0v) is 13.6. The van der Waals surface area contributed by atoms with Crippen LogP contribution in [0.1, 0.15) is 12.8 Å². The zero-order valence-electron chi connectivity index (χ0n) is 12.8. The molecule has 1 aliphatic rings. The predicted octanol–water partition coefficient (Wildman–Crippen LogP) is 3.59. The van der Waals surface area contributed by atoms with Crippen molar-refractivity contribution in [2.45, 2.75) is 12.8 Å². The van der Waals surface area contributed by atoms with E-state index in [1.807, 2.05) is 4.90 Å². The van der Waals surface area contributed by atoms with E-state index in [1.165, 1.54) is 18.2 Å². The van der Waals surface area contributed by atoms with Gasteiger partial charge in [0.25, 0.3) is 17.1 Å². The summed E-state index contributed by atoms with van der Waals surface area (Å²) < 4.78 is 0. The lowest BCUT2D eigenvalue weighted by Crippen LogP contribution is -2.18. The van der Waals surface area contributed by atoms with Gasteiger partial charge in [0.2, 0.25) is 0 Å². The number of nitro benzene ring substituents is 3. The van der Waals surface area contributed by atoms with Gasteiger partial charge in [-0.2, -0.15) is 0 Å². The van der Waals surface area contributed by atoms with Gasteiger partial charge in [0.05, 0.1) is 20.8 Å². The molecule has 1 aliphatic heterocycles. The van der Waals surface area contributed by atoms with Gasteiger partial charge in [0, 0.05) is 36.3 Å². The molecule has 1 fully saturated rings. The number of fused-ring (bicyclic) bond motifs is 1. The van der Waals surface area contributed by atoms with E-state index in [9.17, 15) is 30.3 Å². The number of hydrogen-bond acceptors (Lipinski definition) is 7. The lowest BCUT2D eigenvalue weighted by Gasteiger charge is -2.19. The quantitative estimate of drug-likeness (QED) is 0.594. The molecular weight excluding hydrogens is 356 g/mol. The standard InChI is InChI=1S/C14H12N4O6.ClH/c19-16(20)9-7-10-11(15-5-1-2-6-15)3-4-12(17(21)22)14(10)13(8-9)18(23)24;/h3-4,7-8H,1-2,5-6H2;1H. The van der Waals surface area contributed by atoms with E-state index >= 15 is 0 Å². The van der Waals surface area contributed by atoms with Gasteiger partial charge in [-0.25, -0.2) is 0 Å². The van der Waals surface area contributed by atoms with Crippen LogP contribution in [0.2, 0.25) is 0 Å². The number of non-ortho nitro benzene ring substituents is 3. The minimum Gasteiger partial charge on any atom is -0.371 e. The van der Waals surface area contributed by atoms with Crippen molar-refractivity contribution in [3.05, 3.63) is 54.6 Å². The highest BCUT2D eigenvalue weighted by Gasteiger charge is 2.29. The number of halogens is 1. The van der Waals surface area contributed by atoms with Crippen LogP contribution >= 0.6 is 12.4 Å². The van der Waals surface area contributed by atoms with Crippen LogP contribution in [-0.4, -0.2) is 27.9 Å². The Morgan fingerprint density at radius 2 is 1.44 bits per heavy atom. The maximum atomic E-state index is 11.3. The first-order valence-corrected chi connectivity index (χ1v) is 7.19. The molecule has 2 aromatic carbocycles. The second-order valence-corrected chi connectivity index (χ2v) is 5.46. The van der Waals surface area contributed by atoms with Crippen molar-refractivity contribution in [2.24, 2.45) is 0 Å². The number of rotatable bonds is 4. The fourth-order valence-corrected chi connectivity index (χ4v) is 3.05. The van der Waals surface area contributed by atoms with Gasteiger partial charge >= 0.3 is 0 Å². The minimum atomic E-state index is -0.823. The van der Waals surface area contributed by atoms with E-state index in [1.54, 1.807) is 0 Å². The molecule has 0 aliphatic carbocycles. The summed E-state index contributed by atoms with van der Waals surface area (Å²) in [5.74, 6) is 0. The Bertz CT molecular complexity index is 881. The van der Waals surface area contributed by atoms with Crippen LogP contribution in [0, 0.1) is 30.3 Å². The van der Waals surface area contributed by atoms with E-state index in [2.05, 4.69) is 0 Å². The third kappa shape index (κ3) is 3.15. The van der Waals surface area contributed by atoms with E-state index in [0.717, 1.165) is 18.9 Å². The molecule has 2 aromatic rings. The van der Waals surface area contributed by atoms with Crippen molar-refractivity contribution in [1.29, 1.82) is 0 Å². The SMILES string of the molecule is Cl.O=[N+]([O-])c1cc([N+](=O)[O-])c2c([N+](=O)[O-])ccc(N3CCCC3)c2c1. The smallest absolute Gasteiger partial charge is 0.291 e. The van der Waals surface area contributed by atoms with Gasteiger partial charge in [-0.3, -0.25) is 30.3 Å². The number of anilines is 1. The zero-order chi connectivity index (χ0) is 17.4. The van der Waals surface area contributed by atoms with Gasteiger partial charge in [0.1, 0.15) is 5.39 Å². The van der Waals surface area contributed by atoms with Gasteiger partial charge < -0.3 is 4.90 Å². The molecule has 0 spiro atoms. The predicted molar refractivity (Wildman–Crippen MR) is 92.6 cm³/mol. The number of nitro groups is 3. The van der Waals surface area contributed by atoms with E-state index in [4.69, 9.17) is 0 Å². The van der Waals surface area contributed by atoms with Gasteiger partial charge in [-0.15, -0.1) is 12.4 Å². The van der Waals surface area contributed by atoms with Gasteiger partial charge in [-0.05, 0) is 18.9 Å². The Labute approximate surface area is 146 Å². The molecule has 25 heavy (non-hydrogen) atoms. The van der Waals surface area contributed by atoms with E-state index < -0.39 is 31.8 Å². The normalized spacial score (nSPS) is 13.5. The fourth-order valence-electron chi connectivity index (χ4n) is 3.05. The summed E-state index contributed by atoms with van der Waals surface area (Å²) in [5, 5.41) is 33.7. The van der Waals surface area contributed by atoms with Crippen molar-refractivity contribution in [2.75, 3.05) is 18.0 Å². The molecular formula is C14H13ClN4O6. The van der Waals surface area contributed by atoms with Crippen molar-refractivity contribution in [1.82, 2.24) is 0 Å². The molecule has 132 valence electrons. The van der Waals surface area contributed by atoms with Crippen molar-refractivity contribution < 1.29 is 14.8 Å². The molecule has 0 radical (unpaired) electrons. The molecule has 0 amide bonds. The van der Waals surface area contributed by atoms with Crippen molar-refractivity contribution in [3.8, 4) is 0 Å². The highest BCUT2D eigenvalue weighted by Crippen LogP contribution is 2.42. The molecule has 1 saturated heterocycles. The third-order valence-corrected chi connectivity index (χ3v) is 4.08. The second kappa shape index (κ2) is 6.85. The Morgan fingerprint density at radius 1 is 0.840 bits per heavy atom. The van der Waals surface area contributed by atoms with Crippen LogP contribution in [0.15, 0.2) is 24.3 Å². The first kappa shape index (κ1) is 18.3. The second-order valence-electron chi connectivity index (χ2n) is 5.46. The molecule has 0 saturated carbocycles. The number of benzene rings is 2. The largest absolute Gasteiger partial charge is 0.371 e. The molecule has 0 aromatic heterocycles. The molecule has 11 heteroatoms. The maximum Gasteiger partial charge on any atom is 0.291 e. The molecule has 0 N–H and O–H groups in total. The molecule has 0 bridgehead atoms. The summed E-state index contributed by atoms with van der Waals surface area (Å²) in [6.07, 6.45) is 1.85. The summed E-state index contributed by atoms with van der Waals surface area (Å²) in [7, 11) is 0. The number of hydrogen-bond donors (Lipinski definition) is 0. The lowest BCUT2D eigenvalue weighted by molar-refractivity contribution is -0.395. The molecule has 0 atom stereocenters. The van der Waals surface area contributed by atoms with E-state index in [-0.39, 0.29) is 23.2 Å². The maximum absolute atomic E-state index is 11.3. The third-order valence-electron chi connectivity index (χ3n) is 4.08. The Kier molecular flexibility index (Phi) is 5.02. The highest BCUT2D eigenvalue weighted by molar-refractivity contribution is 6.06. The van der Waals surface area contributed by atoms with Crippen molar-refractivity contribution in [3.63, 3.8) is 0 Å². The topological polar surface area (TPSA) is 133 Å². The summed E-state index contributed by atoms with van der Waals surface area (Å²) >= 11 is 0. The lowest BCUT2D eigenvalue weighted by atomic mass is 10.0. The summed E-state index contributed by atoms with van der Waals surface area (Å²) in [6.45, 7) is 1.40. The monoisotopic (exact) mass is 368 g/mol. The van der Waals surface area contributed by atoms with Crippen LogP contribution in [0.5, 0.6) is 0 Å². The average molecular weight is 369 g/mol. The van der Waals surface area contributed by atoms with Crippen LogP contribution in [0.3, 0.4) is 0 Å². The highest BCUT2D eigenvalue weighted by atomic mass is 35.5. The average Bonchev–Trinajstić information content (AvgIpc) is 3.06. The summed E-state index contributed by atoms with van der Waals surface area (Å²) in [5.41, 5.74) is -0.989.